The van der Waals surface area contributed by atoms with Crippen LogP contribution >= 0.6 is 34.2 Å². The molecule has 0 spiro atoms. The monoisotopic (exact) mass is 267 g/mol. The van der Waals surface area contributed by atoms with Crippen LogP contribution in [0.2, 0.25) is 5.02 Å². The van der Waals surface area contributed by atoms with Crippen LogP contribution in [0.15, 0.2) is 12.4 Å². The van der Waals surface area contributed by atoms with Crippen LogP contribution in [0, 0.1) is 3.57 Å². The van der Waals surface area contributed by atoms with Crippen molar-refractivity contribution in [3.8, 4) is 0 Å². The first-order valence-corrected chi connectivity index (χ1v) is 3.95. The van der Waals surface area contributed by atoms with Crippen LogP contribution in [-0.2, 0) is 0 Å². The Morgan fingerprint density at radius 2 is 2.30 bits per heavy atom. The quantitative estimate of drug-likeness (QED) is 0.576. The fourth-order valence-electron chi connectivity index (χ4n) is 0.534. The van der Waals surface area contributed by atoms with E-state index in [9.17, 15) is 4.79 Å². The largest absolute Gasteiger partial charge is 0.298 e. The maximum absolute atomic E-state index is 10.3. The predicted octanol–water partition coefficient (Wildman–Crippen LogP) is 2.15. The van der Waals surface area contributed by atoms with Crippen LogP contribution in [0.3, 0.4) is 0 Å². The number of carbonyl (C=O) groups is 1. The molecule has 1 aromatic rings. The van der Waals surface area contributed by atoms with Crippen molar-refractivity contribution in [2.75, 3.05) is 0 Å². The second-order valence-electron chi connectivity index (χ2n) is 1.63. The molecule has 10 heavy (non-hydrogen) atoms. The third kappa shape index (κ3) is 1.46. The smallest absolute Gasteiger partial charge is 0.152 e. The Labute approximate surface area is 76.7 Å². The van der Waals surface area contributed by atoms with E-state index in [4.69, 9.17) is 11.6 Å². The number of aldehydes is 1. The minimum atomic E-state index is 0.405. The number of aromatic nitrogens is 1. The summed E-state index contributed by atoms with van der Waals surface area (Å²) < 4.78 is 0.778. The fraction of sp³-hybridized carbons (Fsp3) is 0. The molecule has 1 aromatic heterocycles. The van der Waals surface area contributed by atoms with Crippen LogP contribution in [0.5, 0.6) is 0 Å². The highest BCUT2D eigenvalue weighted by Gasteiger charge is 2.02. The van der Waals surface area contributed by atoms with Crippen molar-refractivity contribution in [3.63, 3.8) is 0 Å². The Hall–Kier alpha value is -0.160. The molecular weight excluding hydrogens is 264 g/mol. The topological polar surface area (TPSA) is 30.0 Å². The molecule has 0 radical (unpaired) electrons. The number of nitrogens with zero attached hydrogens (tertiary/aromatic N) is 1. The number of carbonyl (C=O) groups excluding carboxylic acids is 1. The summed E-state index contributed by atoms with van der Waals surface area (Å²) in [7, 11) is 0. The minimum Gasteiger partial charge on any atom is -0.298 e. The standard InChI is InChI=1S/C6H3ClINO/c7-5-1-9-2-6(8)4(5)3-10/h1-3H. The highest BCUT2D eigenvalue weighted by Crippen LogP contribution is 2.17. The van der Waals surface area contributed by atoms with Crippen molar-refractivity contribution in [3.05, 3.63) is 26.5 Å². The van der Waals surface area contributed by atoms with E-state index in [0.717, 1.165) is 9.86 Å². The molecule has 0 saturated carbocycles. The van der Waals surface area contributed by atoms with Gasteiger partial charge in [0.2, 0.25) is 0 Å². The average molecular weight is 267 g/mol. The van der Waals surface area contributed by atoms with Crippen molar-refractivity contribution in [2.45, 2.75) is 0 Å². The second kappa shape index (κ2) is 3.30. The molecule has 0 aliphatic heterocycles. The lowest BCUT2D eigenvalue weighted by atomic mass is 10.3. The van der Waals surface area contributed by atoms with Gasteiger partial charge >= 0.3 is 0 Å². The molecule has 0 aliphatic carbocycles. The van der Waals surface area contributed by atoms with Gasteiger partial charge in [0.1, 0.15) is 0 Å². The van der Waals surface area contributed by atoms with Gasteiger partial charge in [0.25, 0.3) is 0 Å². The van der Waals surface area contributed by atoms with E-state index < -0.39 is 0 Å². The maximum Gasteiger partial charge on any atom is 0.152 e. The maximum atomic E-state index is 10.3. The summed E-state index contributed by atoms with van der Waals surface area (Å²) in [5.41, 5.74) is 0.511. The van der Waals surface area contributed by atoms with Crippen molar-refractivity contribution >= 4 is 40.5 Å². The molecule has 0 atom stereocenters. The van der Waals surface area contributed by atoms with Gasteiger partial charge in [-0.15, -0.1) is 0 Å². The lowest BCUT2D eigenvalue weighted by molar-refractivity contribution is 0.112. The first kappa shape index (κ1) is 7.94. The zero-order valence-electron chi connectivity index (χ0n) is 4.84. The molecule has 0 fully saturated rings. The summed E-state index contributed by atoms with van der Waals surface area (Å²) in [4.78, 5) is 14.1. The van der Waals surface area contributed by atoms with Crippen LogP contribution in [-0.4, -0.2) is 11.3 Å². The molecule has 2 nitrogen and oxygen atoms in total. The SMILES string of the molecule is O=Cc1c(Cl)cncc1I. The van der Waals surface area contributed by atoms with Gasteiger partial charge in [0, 0.05) is 21.5 Å². The van der Waals surface area contributed by atoms with Gasteiger partial charge < -0.3 is 0 Å². The van der Waals surface area contributed by atoms with E-state index >= 15 is 0 Å². The summed E-state index contributed by atoms with van der Waals surface area (Å²) in [6, 6.07) is 0. The van der Waals surface area contributed by atoms with Gasteiger partial charge in [-0.1, -0.05) is 11.6 Å². The third-order valence-corrected chi connectivity index (χ3v) is 2.17. The zero-order valence-corrected chi connectivity index (χ0v) is 7.76. The number of pyridine rings is 1. The molecule has 0 amide bonds. The molecule has 1 rings (SSSR count). The molecule has 0 saturated heterocycles. The first-order chi connectivity index (χ1) is 4.75. The van der Waals surface area contributed by atoms with Gasteiger partial charge in [-0.25, -0.2) is 0 Å². The van der Waals surface area contributed by atoms with Gasteiger partial charge in [0.05, 0.1) is 5.02 Å². The Balaban J connectivity index is 3.30. The van der Waals surface area contributed by atoms with Gasteiger partial charge in [0.15, 0.2) is 6.29 Å². The number of halogens is 2. The Morgan fingerprint density at radius 1 is 1.60 bits per heavy atom. The predicted molar refractivity (Wildman–Crippen MR) is 47.4 cm³/mol. The molecule has 0 unspecified atom stereocenters. The molecule has 0 N–H and O–H groups in total. The fourth-order valence-corrected chi connectivity index (χ4v) is 1.47. The van der Waals surface area contributed by atoms with Gasteiger partial charge in [-0.2, -0.15) is 0 Å². The molecule has 0 aliphatic rings. The summed E-state index contributed by atoms with van der Waals surface area (Å²) >= 11 is 7.64. The van der Waals surface area contributed by atoms with Crippen molar-refractivity contribution < 1.29 is 4.79 Å². The van der Waals surface area contributed by atoms with Crippen LogP contribution in [0.25, 0.3) is 0 Å². The average Bonchev–Trinajstić information content (AvgIpc) is 1.88. The summed E-state index contributed by atoms with van der Waals surface area (Å²) in [5.74, 6) is 0. The molecule has 1 heterocycles. The lowest BCUT2D eigenvalue weighted by Gasteiger charge is -1.95. The summed E-state index contributed by atoms with van der Waals surface area (Å²) in [6.45, 7) is 0. The molecular formula is C6H3ClINO. The Kier molecular flexibility index (Phi) is 2.62. The minimum absolute atomic E-state index is 0.405. The van der Waals surface area contributed by atoms with Crippen LogP contribution < -0.4 is 0 Å². The highest BCUT2D eigenvalue weighted by atomic mass is 127. The Bertz CT molecular complexity index is 244. The molecule has 0 bridgehead atoms. The van der Waals surface area contributed by atoms with E-state index in [1.54, 1.807) is 6.20 Å². The number of rotatable bonds is 1. The van der Waals surface area contributed by atoms with Crippen LogP contribution in [0.1, 0.15) is 10.4 Å². The Morgan fingerprint density at radius 3 is 2.70 bits per heavy atom. The van der Waals surface area contributed by atoms with Crippen molar-refractivity contribution in [1.29, 1.82) is 0 Å². The second-order valence-corrected chi connectivity index (χ2v) is 3.20. The summed E-state index contributed by atoms with van der Waals surface area (Å²) in [6.07, 6.45) is 3.77. The zero-order chi connectivity index (χ0) is 7.56. The van der Waals surface area contributed by atoms with Crippen molar-refractivity contribution in [1.82, 2.24) is 4.98 Å². The van der Waals surface area contributed by atoms with Gasteiger partial charge in [-0.3, -0.25) is 9.78 Å². The molecule has 0 aromatic carbocycles. The van der Waals surface area contributed by atoms with E-state index in [1.807, 2.05) is 22.6 Å². The highest BCUT2D eigenvalue weighted by molar-refractivity contribution is 14.1. The van der Waals surface area contributed by atoms with Gasteiger partial charge in [-0.05, 0) is 22.6 Å². The summed E-state index contributed by atoms with van der Waals surface area (Å²) in [5, 5.41) is 0.405. The third-order valence-electron chi connectivity index (χ3n) is 1.01. The first-order valence-electron chi connectivity index (χ1n) is 2.50. The molecule has 52 valence electrons. The number of hydrogen-bond acceptors (Lipinski definition) is 2. The van der Waals surface area contributed by atoms with E-state index in [0.29, 0.717) is 10.6 Å². The normalized spacial score (nSPS) is 9.40. The van der Waals surface area contributed by atoms with Crippen molar-refractivity contribution in [2.24, 2.45) is 0 Å². The molecule has 4 heteroatoms. The lowest BCUT2D eigenvalue weighted by Crippen LogP contribution is -1.88. The number of hydrogen-bond donors (Lipinski definition) is 0. The van der Waals surface area contributed by atoms with Crippen LogP contribution in [0.4, 0.5) is 0 Å². The van der Waals surface area contributed by atoms with E-state index in [2.05, 4.69) is 4.98 Å². The van der Waals surface area contributed by atoms with E-state index in [1.165, 1.54) is 6.20 Å². The van der Waals surface area contributed by atoms with E-state index in [-0.39, 0.29) is 0 Å².